The molecule has 0 heterocycles. The average Bonchev–Trinajstić information content (AvgIpc) is 2.47. The van der Waals surface area contributed by atoms with Gasteiger partial charge >= 0.3 is 5.97 Å². The molecule has 2 aromatic carbocycles. The van der Waals surface area contributed by atoms with E-state index in [9.17, 15) is 4.79 Å². The summed E-state index contributed by atoms with van der Waals surface area (Å²) in [5.74, 6) is 0.293. The Morgan fingerprint density at radius 3 is 2.37 bits per heavy atom. The van der Waals surface area contributed by atoms with Crippen LogP contribution in [-0.4, -0.2) is 12.6 Å². The summed E-state index contributed by atoms with van der Waals surface area (Å²) in [6, 6.07) is 16.0. The Morgan fingerprint density at radius 2 is 1.74 bits per heavy atom. The predicted octanol–water partition coefficient (Wildman–Crippen LogP) is 3.27. The minimum atomic E-state index is -0.438. The summed E-state index contributed by atoms with van der Waals surface area (Å²) in [4.78, 5) is 16.7. The fourth-order valence-corrected chi connectivity index (χ4v) is 1.52. The number of ether oxygens (including phenoxy) is 1. The molecule has 4 nitrogen and oxygen atoms in total. The van der Waals surface area contributed by atoms with Gasteiger partial charge in [0.1, 0.15) is 5.75 Å². The Labute approximate surface area is 111 Å². The number of hydrogen-bond acceptors (Lipinski definition) is 4. The molecule has 0 unspecified atom stereocenters. The van der Waals surface area contributed by atoms with Gasteiger partial charge < -0.3 is 9.57 Å². The molecule has 98 valence electrons. The van der Waals surface area contributed by atoms with Gasteiger partial charge in [-0.05, 0) is 43.3 Å². The van der Waals surface area contributed by atoms with Gasteiger partial charge in [-0.1, -0.05) is 18.2 Å². The molecule has 0 fully saturated rings. The van der Waals surface area contributed by atoms with Crippen molar-refractivity contribution < 1.29 is 14.4 Å². The summed E-state index contributed by atoms with van der Waals surface area (Å²) in [5, 5.41) is 0. The summed E-state index contributed by atoms with van der Waals surface area (Å²) in [5.41, 5.74) is 3.79. The smallest absolute Gasteiger partial charge is 0.362 e. The molecule has 0 bridgehead atoms. The highest BCUT2D eigenvalue weighted by atomic mass is 16.7. The van der Waals surface area contributed by atoms with Gasteiger partial charge in [-0.2, -0.15) is 0 Å². The van der Waals surface area contributed by atoms with Gasteiger partial charge in [-0.25, -0.2) is 10.3 Å². The van der Waals surface area contributed by atoms with Crippen LogP contribution in [0.1, 0.15) is 17.3 Å². The van der Waals surface area contributed by atoms with Crippen molar-refractivity contribution in [3.63, 3.8) is 0 Å². The summed E-state index contributed by atoms with van der Waals surface area (Å²) >= 11 is 0. The molecular weight excluding hydrogens is 242 g/mol. The summed E-state index contributed by atoms with van der Waals surface area (Å²) in [6.45, 7) is 2.51. The van der Waals surface area contributed by atoms with E-state index in [1.165, 1.54) is 0 Å². The van der Waals surface area contributed by atoms with Crippen LogP contribution in [0, 0.1) is 0 Å². The quantitative estimate of drug-likeness (QED) is 0.835. The van der Waals surface area contributed by atoms with E-state index in [1.54, 1.807) is 24.3 Å². The van der Waals surface area contributed by atoms with Crippen molar-refractivity contribution in [2.24, 2.45) is 0 Å². The van der Waals surface area contributed by atoms with Crippen LogP contribution in [0.25, 0.3) is 0 Å². The van der Waals surface area contributed by atoms with Crippen LogP contribution in [0.4, 0.5) is 5.69 Å². The second-order valence-corrected chi connectivity index (χ2v) is 3.81. The highest BCUT2D eigenvalue weighted by Gasteiger charge is 2.07. The lowest BCUT2D eigenvalue weighted by molar-refractivity contribution is 0.0596. The van der Waals surface area contributed by atoms with E-state index < -0.39 is 5.97 Å². The molecule has 2 rings (SSSR count). The minimum absolute atomic E-state index is 0.438. The van der Waals surface area contributed by atoms with Crippen molar-refractivity contribution in [2.45, 2.75) is 6.92 Å². The molecule has 0 saturated heterocycles. The first-order valence-electron chi connectivity index (χ1n) is 6.04. The molecule has 0 radical (unpaired) electrons. The zero-order valence-electron chi connectivity index (χ0n) is 10.6. The second-order valence-electron chi connectivity index (χ2n) is 3.81. The number of anilines is 1. The first kappa shape index (κ1) is 13.0. The average molecular weight is 257 g/mol. The van der Waals surface area contributed by atoms with E-state index in [1.807, 2.05) is 37.3 Å². The minimum Gasteiger partial charge on any atom is -0.494 e. The zero-order valence-corrected chi connectivity index (χ0v) is 10.6. The van der Waals surface area contributed by atoms with Crippen LogP contribution in [0.5, 0.6) is 5.75 Å². The van der Waals surface area contributed by atoms with Gasteiger partial charge in [-0.3, -0.25) is 0 Å². The van der Waals surface area contributed by atoms with E-state index in [0.29, 0.717) is 12.2 Å². The first-order chi connectivity index (χ1) is 9.29. The monoisotopic (exact) mass is 257 g/mol. The largest absolute Gasteiger partial charge is 0.494 e. The van der Waals surface area contributed by atoms with Crippen molar-refractivity contribution in [2.75, 3.05) is 12.1 Å². The summed E-state index contributed by atoms with van der Waals surface area (Å²) < 4.78 is 5.30. The van der Waals surface area contributed by atoms with Gasteiger partial charge in [0, 0.05) is 0 Å². The van der Waals surface area contributed by atoms with Crippen LogP contribution in [0.2, 0.25) is 0 Å². The van der Waals surface area contributed by atoms with Gasteiger partial charge in [-0.15, -0.1) is 0 Å². The number of hydrogen-bond donors (Lipinski definition) is 1. The van der Waals surface area contributed by atoms with E-state index in [4.69, 9.17) is 9.57 Å². The summed E-state index contributed by atoms with van der Waals surface area (Å²) in [6.07, 6.45) is 0. The molecule has 0 atom stereocenters. The van der Waals surface area contributed by atoms with Crippen LogP contribution < -0.4 is 10.2 Å². The molecule has 0 spiro atoms. The second kappa shape index (κ2) is 6.44. The number of carbonyl (C=O) groups excluding carboxylic acids is 1. The molecule has 4 heteroatoms. The van der Waals surface area contributed by atoms with Crippen molar-refractivity contribution in [3.05, 3.63) is 60.2 Å². The molecular formula is C15H15NO3. The third kappa shape index (κ3) is 3.74. The van der Waals surface area contributed by atoms with Gasteiger partial charge in [0.05, 0.1) is 17.9 Å². The zero-order chi connectivity index (χ0) is 13.5. The molecule has 0 aromatic heterocycles. The van der Waals surface area contributed by atoms with Crippen molar-refractivity contribution >= 4 is 11.7 Å². The fraction of sp³-hybridized carbons (Fsp3) is 0.133. The fourth-order valence-electron chi connectivity index (χ4n) is 1.52. The van der Waals surface area contributed by atoms with Crippen LogP contribution in [-0.2, 0) is 4.84 Å². The lowest BCUT2D eigenvalue weighted by Gasteiger charge is -2.07. The predicted molar refractivity (Wildman–Crippen MR) is 73.1 cm³/mol. The Balaban J connectivity index is 1.92. The number of para-hydroxylation sites is 1. The summed E-state index contributed by atoms with van der Waals surface area (Å²) in [7, 11) is 0. The maximum atomic E-state index is 11.8. The third-order valence-corrected chi connectivity index (χ3v) is 2.44. The Kier molecular flexibility index (Phi) is 4.39. The molecule has 2 aromatic rings. The van der Waals surface area contributed by atoms with Crippen molar-refractivity contribution in [1.29, 1.82) is 0 Å². The Morgan fingerprint density at radius 1 is 1.05 bits per heavy atom. The number of carbonyl (C=O) groups is 1. The Bertz CT molecular complexity index is 523. The topological polar surface area (TPSA) is 47.6 Å². The lowest BCUT2D eigenvalue weighted by Crippen LogP contribution is -2.10. The maximum absolute atomic E-state index is 11.8. The molecule has 0 amide bonds. The molecule has 19 heavy (non-hydrogen) atoms. The molecule has 0 saturated carbocycles. The molecule has 1 N–H and O–H groups in total. The Hall–Kier alpha value is -2.49. The van der Waals surface area contributed by atoms with Gasteiger partial charge in [0.15, 0.2) is 0 Å². The van der Waals surface area contributed by atoms with Crippen LogP contribution in [0.15, 0.2) is 54.6 Å². The number of nitrogens with one attached hydrogen (secondary N) is 1. The van der Waals surface area contributed by atoms with E-state index in [-0.39, 0.29) is 0 Å². The molecule has 0 aliphatic rings. The van der Waals surface area contributed by atoms with Crippen LogP contribution in [0.3, 0.4) is 0 Å². The van der Waals surface area contributed by atoms with Crippen LogP contribution >= 0.6 is 0 Å². The van der Waals surface area contributed by atoms with Crippen molar-refractivity contribution in [3.8, 4) is 5.75 Å². The molecule has 0 aliphatic carbocycles. The SMILES string of the molecule is CCOc1ccc(C(=O)ONc2ccccc2)cc1. The van der Waals surface area contributed by atoms with E-state index in [2.05, 4.69) is 5.48 Å². The lowest BCUT2D eigenvalue weighted by atomic mass is 10.2. The standard InChI is InChI=1S/C15H15NO3/c1-2-18-14-10-8-12(9-11-14)15(17)19-16-13-6-4-3-5-7-13/h3-11,16H,2H2,1H3. The highest BCUT2D eigenvalue weighted by molar-refractivity contribution is 5.89. The maximum Gasteiger partial charge on any atom is 0.362 e. The van der Waals surface area contributed by atoms with E-state index >= 15 is 0 Å². The first-order valence-corrected chi connectivity index (χ1v) is 6.04. The number of rotatable bonds is 5. The number of benzene rings is 2. The van der Waals surface area contributed by atoms with E-state index in [0.717, 1.165) is 11.4 Å². The normalized spacial score (nSPS) is 9.74. The van der Waals surface area contributed by atoms with Gasteiger partial charge in [0.2, 0.25) is 0 Å². The van der Waals surface area contributed by atoms with Gasteiger partial charge in [0.25, 0.3) is 0 Å². The van der Waals surface area contributed by atoms with Crippen molar-refractivity contribution in [1.82, 2.24) is 0 Å². The highest BCUT2D eigenvalue weighted by Crippen LogP contribution is 2.13. The third-order valence-electron chi connectivity index (χ3n) is 2.44. The molecule has 0 aliphatic heterocycles.